The molecule has 1 amide bonds. The lowest BCUT2D eigenvalue weighted by molar-refractivity contribution is -0.122. The third kappa shape index (κ3) is 4.37. The van der Waals surface area contributed by atoms with E-state index in [9.17, 15) is 9.18 Å². The van der Waals surface area contributed by atoms with Gasteiger partial charge in [0.25, 0.3) is 0 Å². The molecule has 0 saturated carbocycles. The van der Waals surface area contributed by atoms with Gasteiger partial charge in [-0.2, -0.15) is 0 Å². The molecule has 0 aliphatic rings. The first kappa shape index (κ1) is 15.7. The third-order valence-electron chi connectivity index (χ3n) is 3.27. The van der Waals surface area contributed by atoms with E-state index in [1.54, 1.807) is 23.5 Å². The summed E-state index contributed by atoms with van der Waals surface area (Å²) in [6.07, 6.45) is 0.388. The SMILES string of the molecule is CC(CN)CC(=O)NC(c1ccc(F)cc1)c1cccs1. The molecule has 0 radical (unpaired) electrons. The number of carbonyl (C=O) groups excluding carboxylic acids is 1. The van der Waals surface area contributed by atoms with Gasteiger partial charge in [-0.25, -0.2) is 4.39 Å². The van der Waals surface area contributed by atoms with Crippen LogP contribution in [-0.2, 0) is 4.79 Å². The predicted molar refractivity (Wildman–Crippen MR) is 83.5 cm³/mol. The lowest BCUT2D eigenvalue weighted by Gasteiger charge is -2.19. The van der Waals surface area contributed by atoms with E-state index < -0.39 is 0 Å². The highest BCUT2D eigenvalue weighted by Gasteiger charge is 2.18. The van der Waals surface area contributed by atoms with E-state index in [1.807, 2.05) is 24.4 Å². The van der Waals surface area contributed by atoms with Crippen LogP contribution in [0.25, 0.3) is 0 Å². The summed E-state index contributed by atoms with van der Waals surface area (Å²) in [7, 11) is 0. The van der Waals surface area contributed by atoms with Gasteiger partial charge in [-0.15, -0.1) is 11.3 Å². The molecule has 21 heavy (non-hydrogen) atoms. The summed E-state index contributed by atoms with van der Waals surface area (Å²) in [5.41, 5.74) is 6.42. The standard InChI is InChI=1S/C16H19FN2OS/c1-11(10-18)9-15(20)19-16(14-3-2-8-21-14)12-4-6-13(17)7-5-12/h2-8,11,16H,9-10,18H2,1H3,(H,19,20). The molecule has 1 aromatic carbocycles. The molecule has 0 aliphatic carbocycles. The van der Waals surface area contributed by atoms with Crippen LogP contribution in [0.5, 0.6) is 0 Å². The van der Waals surface area contributed by atoms with Gasteiger partial charge < -0.3 is 11.1 Å². The van der Waals surface area contributed by atoms with Gasteiger partial charge in [-0.1, -0.05) is 25.1 Å². The van der Waals surface area contributed by atoms with Crippen molar-refractivity contribution in [1.29, 1.82) is 0 Å². The average molecular weight is 306 g/mol. The molecule has 0 aliphatic heterocycles. The molecule has 3 nitrogen and oxygen atoms in total. The normalized spacial score (nSPS) is 13.7. The maximum atomic E-state index is 13.1. The molecule has 0 bridgehead atoms. The zero-order chi connectivity index (χ0) is 15.2. The number of benzene rings is 1. The van der Waals surface area contributed by atoms with E-state index in [1.165, 1.54) is 12.1 Å². The van der Waals surface area contributed by atoms with Crippen LogP contribution in [0, 0.1) is 11.7 Å². The quantitative estimate of drug-likeness (QED) is 0.861. The highest BCUT2D eigenvalue weighted by Crippen LogP contribution is 2.26. The van der Waals surface area contributed by atoms with E-state index >= 15 is 0 Å². The van der Waals surface area contributed by atoms with Gasteiger partial charge in [0.1, 0.15) is 5.82 Å². The second-order valence-corrected chi connectivity index (χ2v) is 6.09. The fraction of sp³-hybridized carbons (Fsp3) is 0.312. The van der Waals surface area contributed by atoms with Crippen LogP contribution in [-0.4, -0.2) is 12.5 Å². The van der Waals surface area contributed by atoms with Crippen molar-refractivity contribution in [2.24, 2.45) is 11.7 Å². The molecular weight excluding hydrogens is 287 g/mol. The van der Waals surface area contributed by atoms with E-state index in [4.69, 9.17) is 5.73 Å². The second-order valence-electron chi connectivity index (χ2n) is 5.11. The summed E-state index contributed by atoms with van der Waals surface area (Å²) in [6, 6.07) is 9.87. The van der Waals surface area contributed by atoms with Gasteiger partial charge in [0, 0.05) is 11.3 Å². The Morgan fingerprint density at radius 1 is 1.33 bits per heavy atom. The maximum absolute atomic E-state index is 13.1. The van der Waals surface area contributed by atoms with Crippen LogP contribution in [0.1, 0.15) is 29.8 Å². The predicted octanol–water partition coefficient (Wildman–Crippen LogP) is 3.08. The first-order valence-corrected chi connectivity index (χ1v) is 7.76. The Hall–Kier alpha value is -1.72. The highest BCUT2D eigenvalue weighted by atomic mass is 32.1. The number of nitrogens with one attached hydrogen (secondary N) is 1. The number of halogens is 1. The van der Waals surface area contributed by atoms with Crippen LogP contribution >= 0.6 is 11.3 Å². The van der Waals surface area contributed by atoms with Crippen LogP contribution in [0.4, 0.5) is 4.39 Å². The molecule has 112 valence electrons. The third-order valence-corrected chi connectivity index (χ3v) is 4.21. The van der Waals surface area contributed by atoms with Gasteiger partial charge in [-0.3, -0.25) is 4.79 Å². The zero-order valence-electron chi connectivity index (χ0n) is 11.9. The minimum absolute atomic E-state index is 0.0457. The first-order valence-electron chi connectivity index (χ1n) is 6.88. The van der Waals surface area contributed by atoms with Gasteiger partial charge in [0.2, 0.25) is 5.91 Å². The van der Waals surface area contributed by atoms with Crippen LogP contribution in [0.15, 0.2) is 41.8 Å². The van der Waals surface area contributed by atoms with Gasteiger partial charge >= 0.3 is 0 Å². The Kier molecular flexibility index (Phi) is 5.47. The molecule has 2 unspecified atom stereocenters. The van der Waals surface area contributed by atoms with Gasteiger partial charge in [-0.05, 0) is 41.6 Å². The number of thiophene rings is 1. The Balaban J connectivity index is 2.17. The molecule has 0 spiro atoms. The van der Waals surface area contributed by atoms with Crippen molar-refractivity contribution in [3.8, 4) is 0 Å². The summed E-state index contributed by atoms with van der Waals surface area (Å²) < 4.78 is 13.1. The molecule has 2 aromatic rings. The van der Waals surface area contributed by atoms with Gasteiger partial charge in [0.05, 0.1) is 6.04 Å². The minimum atomic E-state index is -0.285. The number of hydrogen-bond acceptors (Lipinski definition) is 3. The number of amides is 1. The Morgan fingerprint density at radius 3 is 2.62 bits per heavy atom. The van der Waals surface area contributed by atoms with E-state index in [0.717, 1.165) is 10.4 Å². The topological polar surface area (TPSA) is 55.1 Å². The zero-order valence-corrected chi connectivity index (χ0v) is 12.7. The Morgan fingerprint density at radius 2 is 2.05 bits per heavy atom. The Bertz CT molecular complexity index is 568. The average Bonchev–Trinajstić information content (AvgIpc) is 2.99. The summed E-state index contributed by atoms with van der Waals surface area (Å²) in [4.78, 5) is 13.1. The number of nitrogens with two attached hydrogens (primary N) is 1. The first-order chi connectivity index (χ1) is 10.1. The van der Waals surface area contributed by atoms with Crippen molar-refractivity contribution in [3.63, 3.8) is 0 Å². The highest BCUT2D eigenvalue weighted by molar-refractivity contribution is 7.10. The van der Waals surface area contributed by atoms with Crippen molar-refractivity contribution < 1.29 is 9.18 Å². The minimum Gasteiger partial charge on any atom is -0.344 e. The molecule has 2 rings (SSSR count). The molecule has 5 heteroatoms. The number of rotatable bonds is 6. The van der Waals surface area contributed by atoms with Crippen molar-refractivity contribution in [3.05, 3.63) is 58.0 Å². The molecule has 1 heterocycles. The summed E-state index contributed by atoms with van der Waals surface area (Å²) in [5, 5.41) is 4.97. The van der Waals surface area contributed by atoms with Crippen LogP contribution < -0.4 is 11.1 Å². The van der Waals surface area contributed by atoms with Gasteiger partial charge in [0.15, 0.2) is 0 Å². The van der Waals surface area contributed by atoms with Crippen molar-refractivity contribution in [2.45, 2.75) is 19.4 Å². The van der Waals surface area contributed by atoms with Crippen LogP contribution in [0.3, 0.4) is 0 Å². The largest absolute Gasteiger partial charge is 0.344 e. The molecule has 3 N–H and O–H groups in total. The molecule has 0 saturated heterocycles. The maximum Gasteiger partial charge on any atom is 0.221 e. The second kappa shape index (κ2) is 7.33. The summed E-state index contributed by atoms with van der Waals surface area (Å²) >= 11 is 1.56. The summed E-state index contributed by atoms with van der Waals surface area (Å²) in [5.74, 6) is -0.190. The molecule has 0 fully saturated rings. The monoisotopic (exact) mass is 306 g/mol. The lowest BCUT2D eigenvalue weighted by Crippen LogP contribution is -2.31. The summed E-state index contributed by atoms with van der Waals surface area (Å²) in [6.45, 7) is 2.42. The fourth-order valence-corrected chi connectivity index (χ4v) is 2.85. The number of carbonyl (C=O) groups is 1. The lowest BCUT2D eigenvalue weighted by atomic mass is 10.0. The number of hydrogen-bond donors (Lipinski definition) is 2. The Labute approximate surface area is 128 Å². The fourth-order valence-electron chi connectivity index (χ4n) is 2.05. The van der Waals surface area contributed by atoms with Crippen molar-refractivity contribution in [2.75, 3.05) is 6.54 Å². The van der Waals surface area contributed by atoms with E-state index in [-0.39, 0.29) is 23.7 Å². The van der Waals surface area contributed by atoms with Crippen molar-refractivity contribution >= 4 is 17.2 Å². The van der Waals surface area contributed by atoms with Crippen molar-refractivity contribution in [1.82, 2.24) is 5.32 Å². The smallest absolute Gasteiger partial charge is 0.221 e. The van der Waals surface area contributed by atoms with Crippen LogP contribution in [0.2, 0.25) is 0 Å². The molecule has 2 atom stereocenters. The molecular formula is C16H19FN2OS. The van der Waals surface area contributed by atoms with E-state index in [0.29, 0.717) is 13.0 Å². The van der Waals surface area contributed by atoms with E-state index in [2.05, 4.69) is 5.32 Å². The molecule has 1 aromatic heterocycles.